The summed E-state index contributed by atoms with van der Waals surface area (Å²) in [5.41, 5.74) is 8.63. The van der Waals surface area contributed by atoms with Gasteiger partial charge in [-0.3, -0.25) is 10.1 Å². The maximum atomic E-state index is 11.6. The van der Waals surface area contributed by atoms with Crippen LogP contribution in [0.3, 0.4) is 0 Å². The van der Waals surface area contributed by atoms with Crippen molar-refractivity contribution >= 4 is 5.91 Å². The van der Waals surface area contributed by atoms with Crippen LogP contribution in [0.15, 0.2) is 54.6 Å². The number of primary amides is 1. The van der Waals surface area contributed by atoms with Crippen LogP contribution in [0.2, 0.25) is 0 Å². The van der Waals surface area contributed by atoms with Gasteiger partial charge in [-0.15, -0.1) is 0 Å². The van der Waals surface area contributed by atoms with E-state index in [1.54, 1.807) is 0 Å². The second-order valence-electron chi connectivity index (χ2n) is 4.62. The predicted octanol–water partition coefficient (Wildman–Crippen LogP) is 2.31. The molecule has 3 nitrogen and oxygen atoms in total. The number of rotatable bonds is 5. The van der Waals surface area contributed by atoms with E-state index in [-0.39, 0.29) is 5.91 Å². The molecule has 0 fully saturated rings. The van der Waals surface area contributed by atoms with Crippen LogP contribution in [0, 0.1) is 6.92 Å². The Morgan fingerprint density at radius 1 is 1.16 bits per heavy atom. The zero-order valence-electron chi connectivity index (χ0n) is 11.0. The Morgan fingerprint density at radius 3 is 2.53 bits per heavy atom. The van der Waals surface area contributed by atoms with Gasteiger partial charge in [0.2, 0.25) is 5.91 Å². The standard InChI is InChI=1S/C16H18N2O/c1-12-6-5-9-14(10-12)15(16(17)19)18-11-13-7-3-2-4-8-13/h2-10,15,18H,11H2,1H3,(H2,17,19)/t15-/m0/s1. The summed E-state index contributed by atoms with van der Waals surface area (Å²) < 4.78 is 0. The molecule has 0 unspecified atom stereocenters. The van der Waals surface area contributed by atoms with E-state index in [0.29, 0.717) is 6.54 Å². The molecule has 3 heteroatoms. The van der Waals surface area contributed by atoms with Gasteiger partial charge in [-0.1, -0.05) is 60.2 Å². The van der Waals surface area contributed by atoms with Crippen molar-refractivity contribution in [2.24, 2.45) is 5.73 Å². The SMILES string of the molecule is Cc1cccc([C@H](NCc2ccccc2)C(N)=O)c1. The Hall–Kier alpha value is -2.13. The molecule has 0 aromatic heterocycles. The lowest BCUT2D eigenvalue weighted by atomic mass is 10.0. The fraction of sp³-hybridized carbons (Fsp3) is 0.188. The van der Waals surface area contributed by atoms with E-state index < -0.39 is 6.04 Å². The molecule has 0 bridgehead atoms. The first-order chi connectivity index (χ1) is 9.16. The monoisotopic (exact) mass is 254 g/mol. The number of benzene rings is 2. The molecule has 2 aromatic rings. The fourth-order valence-corrected chi connectivity index (χ4v) is 2.05. The van der Waals surface area contributed by atoms with Crippen LogP contribution >= 0.6 is 0 Å². The first kappa shape index (κ1) is 13.3. The first-order valence-corrected chi connectivity index (χ1v) is 6.30. The molecule has 0 radical (unpaired) electrons. The lowest BCUT2D eigenvalue weighted by molar-refractivity contribution is -0.120. The number of hydrogen-bond acceptors (Lipinski definition) is 2. The third-order valence-corrected chi connectivity index (χ3v) is 3.01. The van der Waals surface area contributed by atoms with E-state index in [4.69, 9.17) is 5.73 Å². The van der Waals surface area contributed by atoms with E-state index in [2.05, 4.69) is 5.32 Å². The van der Waals surface area contributed by atoms with Crippen molar-refractivity contribution in [2.45, 2.75) is 19.5 Å². The maximum Gasteiger partial charge on any atom is 0.239 e. The predicted molar refractivity (Wildman–Crippen MR) is 76.4 cm³/mol. The lowest BCUT2D eigenvalue weighted by Crippen LogP contribution is -2.33. The summed E-state index contributed by atoms with van der Waals surface area (Å²) in [5.74, 6) is -0.360. The Bertz CT molecular complexity index is 552. The molecular formula is C16H18N2O. The zero-order chi connectivity index (χ0) is 13.7. The summed E-state index contributed by atoms with van der Waals surface area (Å²) in [6.45, 7) is 2.61. The minimum absolute atomic E-state index is 0.360. The van der Waals surface area contributed by atoms with E-state index in [1.807, 2.05) is 61.5 Å². The van der Waals surface area contributed by atoms with E-state index in [1.165, 1.54) is 0 Å². The summed E-state index contributed by atoms with van der Waals surface area (Å²) in [6.07, 6.45) is 0. The summed E-state index contributed by atoms with van der Waals surface area (Å²) in [5, 5.41) is 3.20. The van der Waals surface area contributed by atoms with Gasteiger partial charge in [-0.05, 0) is 18.1 Å². The number of carbonyl (C=O) groups excluding carboxylic acids is 1. The highest BCUT2D eigenvalue weighted by Crippen LogP contribution is 2.15. The van der Waals surface area contributed by atoms with Crippen molar-refractivity contribution in [2.75, 3.05) is 0 Å². The number of aryl methyl sites for hydroxylation is 1. The summed E-state index contributed by atoms with van der Waals surface area (Å²) >= 11 is 0. The molecule has 0 aliphatic rings. The van der Waals surface area contributed by atoms with E-state index in [0.717, 1.165) is 16.7 Å². The molecule has 0 heterocycles. The van der Waals surface area contributed by atoms with Crippen molar-refractivity contribution in [1.82, 2.24) is 5.32 Å². The molecular weight excluding hydrogens is 236 g/mol. The van der Waals surface area contributed by atoms with Crippen LogP contribution in [0.25, 0.3) is 0 Å². The van der Waals surface area contributed by atoms with Gasteiger partial charge in [0, 0.05) is 6.54 Å². The minimum atomic E-state index is -0.458. The molecule has 19 heavy (non-hydrogen) atoms. The van der Waals surface area contributed by atoms with Crippen molar-refractivity contribution in [3.05, 3.63) is 71.3 Å². The highest BCUT2D eigenvalue weighted by Gasteiger charge is 2.16. The molecule has 0 saturated carbocycles. The maximum absolute atomic E-state index is 11.6. The van der Waals surface area contributed by atoms with Crippen molar-refractivity contribution < 1.29 is 4.79 Å². The topological polar surface area (TPSA) is 55.1 Å². The molecule has 98 valence electrons. The van der Waals surface area contributed by atoms with Gasteiger partial charge in [0.25, 0.3) is 0 Å². The molecule has 1 amide bonds. The largest absolute Gasteiger partial charge is 0.368 e. The van der Waals surface area contributed by atoms with Gasteiger partial charge < -0.3 is 5.73 Å². The van der Waals surface area contributed by atoms with Crippen LogP contribution in [-0.4, -0.2) is 5.91 Å². The second kappa shape index (κ2) is 6.16. The number of nitrogens with one attached hydrogen (secondary N) is 1. The minimum Gasteiger partial charge on any atom is -0.368 e. The molecule has 0 aliphatic heterocycles. The molecule has 0 aliphatic carbocycles. The average molecular weight is 254 g/mol. The fourth-order valence-electron chi connectivity index (χ4n) is 2.05. The number of carbonyl (C=O) groups is 1. The molecule has 2 aromatic carbocycles. The highest BCUT2D eigenvalue weighted by atomic mass is 16.1. The van der Waals surface area contributed by atoms with Gasteiger partial charge in [0.1, 0.15) is 6.04 Å². The Balaban J connectivity index is 2.11. The van der Waals surface area contributed by atoms with Crippen LogP contribution in [0.4, 0.5) is 0 Å². The molecule has 1 atom stereocenters. The summed E-state index contributed by atoms with van der Waals surface area (Å²) in [7, 11) is 0. The van der Waals surface area contributed by atoms with Crippen molar-refractivity contribution in [3.8, 4) is 0 Å². The van der Waals surface area contributed by atoms with Gasteiger partial charge in [0.15, 0.2) is 0 Å². The van der Waals surface area contributed by atoms with Crippen LogP contribution < -0.4 is 11.1 Å². The Kier molecular flexibility index (Phi) is 4.31. The smallest absolute Gasteiger partial charge is 0.239 e. The van der Waals surface area contributed by atoms with Crippen molar-refractivity contribution in [3.63, 3.8) is 0 Å². The highest BCUT2D eigenvalue weighted by molar-refractivity contribution is 5.81. The van der Waals surface area contributed by atoms with Crippen LogP contribution in [-0.2, 0) is 11.3 Å². The summed E-state index contributed by atoms with van der Waals surface area (Å²) in [4.78, 5) is 11.6. The second-order valence-corrected chi connectivity index (χ2v) is 4.62. The normalized spacial score (nSPS) is 12.1. The van der Waals surface area contributed by atoms with Crippen LogP contribution in [0.1, 0.15) is 22.7 Å². The molecule has 2 rings (SSSR count). The summed E-state index contributed by atoms with van der Waals surface area (Å²) in [6, 6.07) is 17.3. The molecule has 0 spiro atoms. The number of nitrogens with two attached hydrogens (primary N) is 1. The quantitative estimate of drug-likeness (QED) is 0.860. The number of amides is 1. The first-order valence-electron chi connectivity index (χ1n) is 6.30. The van der Waals surface area contributed by atoms with Gasteiger partial charge in [0.05, 0.1) is 0 Å². The van der Waals surface area contributed by atoms with Gasteiger partial charge in [-0.2, -0.15) is 0 Å². The molecule has 3 N–H and O–H groups in total. The van der Waals surface area contributed by atoms with E-state index >= 15 is 0 Å². The third kappa shape index (κ3) is 3.66. The zero-order valence-corrected chi connectivity index (χ0v) is 11.0. The van der Waals surface area contributed by atoms with Crippen LogP contribution in [0.5, 0.6) is 0 Å². The van der Waals surface area contributed by atoms with Gasteiger partial charge >= 0.3 is 0 Å². The Labute approximate surface area is 113 Å². The number of hydrogen-bond donors (Lipinski definition) is 2. The van der Waals surface area contributed by atoms with E-state index in [9.17, 15) is 4.79 Å². The third-order valence-electron chi connectivity index (χ3n) is 3.01. The molecule has 0 saturated heterocycles. The van der Waals surface area contributed by atoms with Crippen molar-refractivity contribution in [1.29, 1.82) is 0 Å². The van der Waals surface area contributed by atoms with Gasteiger partial charge in [-0.25, -0.2) is 0 Å². The lowest BCUT2D eigenvalue weighted by Gasteiger charge is -2.16. The Morgan fingerprint density at radius 2 is 1.89 bits per heavy atom. The average Bonchev–Trinajstić information content (AvgIpc) is 2.40.